The first-order chi connectivity index (χ1) is 14.7. The summed E-state index contributed by atoms with van der Waals surface area (Å²) >= 11 is 0. The van der Waals surface area contributed by atoms with Gasteiger partial charge in [0.2, 0.25) is 0 Å². The summed E-state index contributed by atoms with van der Waals surface area (Å²) in [6.07, 6.45) is 14.1. The summed E-state index contributed by atoms with van der Waals surface area (Å²) in [5.41, 5.74) is 2.36. The molecule has 2 nitrogen and oxygen atoms in total. The molecule has 182 valence electrons. The van der Waals surface area contributed by atoms with Crippen molar-refractivity contribution in [2.45, 2.75) is 132 Å². The van der Waals surface area contributed by atoms with E-state index in [-0.39, 0.29) is 17.5 Å². The first-order valence-electron chi connectivity index (χ1n) is 13.9. The van der Waals surface area contributed by atoms with E-state index in [1.54, 1.807) is 0 Å². The summed E-state index contributed by atoms with van der Waals surface area (Å²) in [6, 6.07) is 0. The van der Waals surface area contributed by atoms with E-state index in [0.29, 0.717) is 39.4 Å². The van der Waals surface area contributed by atoms with E-state index in [1.807, 2.05) is 0 Å². The predicted molar refractivity (Wildman–Crippen MR) is 131 cm³/mol. The van der Waals surface area contributed by atoms with Gasteiger partial charge in [-0.25, -0.2) is 0 Å². The molecule has 5 rings (SSSR count). The van der Waals surface area contributed by atoms with Crippen LogP contribution in [0.3, 0.4) is 0 Å². The van der Waals surface area contributed by atoms with Crippen LogP contribution in [-0.4, -0.2) is 12.1 Å². The van der Waals surface area contributed by atoms with E-state index in [4.69, 9.17) is 4.74 Å². The Bertz CT molecular complexity index is 801. The zero-order valence-electron chi connectivity index (χ0n) is 22.4. The van der Waals surface area contributed by atoms with Crippen molar-refractivity contribution in [1.29, 1.82) is 0 Å². The molecule has 32 heavy (non-hydrogen) atoms. The van der Waals surface area contributed by atoms with Crippen LogP contribution in [0, 0.1) is 50.2 Å². The third-order valence-corrected chi connectivity index (χ3v) is 13.4. The van der Waals surface area contributed by atoms with Gasteiger partial charge >= 0.3 is 5.97 Å². The van der Waals surface area contributed by atoms with Crippen molar-refractivity contribution in [3.8, 4) is 0 Å². The Morgan fingerprint density at radius 2 is 1.31 bits per heavy atom. The Balaban J connectivity index is 1.55. The Morgan fingerprint density at radius 1 is 0.688 bits per heavy atom. The number of carbonyl (C=O) groups is 1. The molecule has 9 atom stereocenters. The molecule has 0 bridgehead atoms. The molecule has 0 N–H and O–H groups in total. The second-order valence-electron chi connectivity index (χ2n) is 15.2. The maximum Gasteiger partial charge on any atom is 0.306 e. The minimum Gasteiger partial charge on any atom is -0.462 e. The molecule has 0 aromatic carbocycles. The number of esters is 1. The van der Waals surface area contributed by atoms with Crippen LogP contribution in [0.25, 0.3) is 0 Å². The maximum atomic E-state index is 12.4. The summed E-state index contributed by atoms with van der Waals surface area (Å²) in [5.74, 6) is 2.28. The van der Waals surface area contributed by atoms with E-state index < -0.39 is 0 Å². The molecule has 4 saturated carbocycles. The van der Waals surface area contributed by atoms with Crippen LogP contribution >= 0.6 is 0 Å². The van der Waals surface area contributed by atoms with Crippen molar-refractivity contribution in [1.82, 2.24) is 0 Å². The van der Waals surface area contributed by atoms with Crippen LogP contribution in [0.2, 0.25) is 0 Å². The molecule has 5 fully saturated rings. The van der Waals surface area contributed by atoms with Gasteiger partial charge in [0.25, 0.3) is 0 Å². The van der Waals surface area contributed by atoms with Gasteiger partial charge in [-0.3, -0.25) is 4.79 Å². The molecule has 0 spiro atoms. The molecular formula is C30H50O2. The van der Waals surface area contributed by atoms with Gasteiger partial charge in [-0.15, -0.1) is 0 Å². The van der Waals surface area contributed by atoms with Crippen molar-refractivity contribution in [2.24, 2.45) is 50.2 Å². The van der Waals surface area contributed by atoms with Crippen LogP contribution in [0.4, 0.5) is 0 Å². The van der Waals surface area contributed by atoms with Gasteiger partial charge in [0.15, 0.2) is 0 Å². The van der Waals surface area contributed by atoms with Gasteiger partial charge in [0.1, 0.15) is 6.10 Å². The topological polar surface area (TPSA) is 26.3 Å². The van der Waals surface area contributed by atoms with Crippen LogP contribution < -0.4 is 0 Å². The Hall–Kier alpha value is -0.530. The minimum absolute atomic E-state index is 0.0398. The lowest BCUT2D eigenvalue weighted by Gasteiger charge is -2.74. The van der Waals surface area contributed by atoms with Gasteiger partial charge in [0, 0.05) is 11.8 Å². The lowest BCUT2D eigenvalue weighted by Crippen LogP contribution is -2.67. The molecule has 2 heteroatoms. The highest BCUT2D eigenvalue weighted by Crippen LogP contribution is 2.77. The maximum absolute atomic E-state index is 12.4. The molecule has 1 heterocycles. The monoisotopic (exact) mass is 442 g/mol. The molecule has 4 aliphatic carbocycles. The van der Waals surface area contributed by atoms with Gasteiger partial charge in [-0.2, -0.15) is 0 Å². The van der Waals surface area contributed by atoms with Crippen molar-refractivity contribution in [3.05, 3.63) is 0 Å². The Kier molecular flexibility index (Phi) is 4.92. The van der Waals surface area contributed by atoms with Gasteiger partial charge in [0.05, 0.1) is 0 Å². The summed E-state index contributed by atoms with van der Waals surface area (Å²) in [5, 5.41) is 0. The van der Waals surface area contributed by atoms with E-state index in [2.05, 4.69) is 55.4 Å². The molecule has 0 aromatic heterocycles. The van der Waals surface area contributed by atoms with E-state index in [0.717, 1.165) is 18.3 Å². The number of ether oxygens (including phenoxy) is 1. The third kappa shape index (κ3) is 2.85. The lowest BCUT2D eigenvalue weighted by molar-refractivity contribution is -0.255. The smallest absolute Gasteiger partial charge is 0.306 e. The van der Waals surface area contributed by atoms with Crippen molar-refractivity contribution >= 4 is 5.97 Å². The second kappa shape index (κ2) is 6.78. The van der Waals surface area contributed by atoms with Crippen molar-refractivity contribution < 1.29 is 9.53 Å². The van der Waals surface area contributed by atoms with Gasteiger partial charge in [-0.05, 0) is 116 Å². The summed E-state index contributed by atoms with van der Waals surface area (Å²) in [6.45, 7) is 20.5. The highest BCUT2D eigenvalue weighted by molar-refractivity contribution is 5.70. The SMILES string of the molecule is C[C@H]1OC(=O)CC[C@H]2[C@]1(C)CC[C@H]1[C@@]2(C)CC[C@@]2(C)[C@@H]3CC(C)(C)CC[C@]3(C)CC[C@]12C. The fourth-order valence-electron chi connectivity index (χ4n) is 10.9. The van der Waals surface area contributed by atoms with Gasteiger partial charge < -0.3 is 4.74 Å². The van der Waals surface area contributed by atoms with Crippen LogP contribution in [0.1, 0.15) is 126 Å². The fourth-order valence-corrected chi connectivity index (χ4v) is 10.9. The zero-order valence-corrected chi connectivity index (χ0v) is 22.4. The molecule has 5 aliphatic rings. The second-order valence-corrected chi connectivity index (χ2v) is 15.2. The number of rotatable bonds is 0. The largest absolute Gasteiger partial charge is 0.462 e. The predicted octanol–water partition coefficient (Wildman–Crippen LogP) is 8.18. The number of fused-ring (bicyclic) bond motifs is 7. The first-order valence-corrected chi connectivity index (χ1v) is 13.9. The molecule has 0 aromatic rings. The molecule has 0 radical (unpaired) electrons. The van der Waals surface area contributed by atoms with Crippen LogP contribution in [0.5, 0.6) is 0 Å². The molecule has 0 unspecified atom stereocenters. The highest BCUT2D eigenvalue weighted by atomic mass is 16.5. The average molecular weight is 443 g/mol. The van der Waals surface area contributed by atoms with E-state index in [1.165, 1.54) is 57.8 Å². The fraction of sp³-hybridized carbons (Fsp3) is 0.967. The highest BCUT2D eigenvalue weighted by Gasteiger charge is 2.70. The zero-order chi connectivity index (χ0) is 23.4. The van der Waals surface area contributed by atoms with Crippen molar-refractivity contribution in [3.63, 3.8) is 0 Å². The number of cyclic esters (lactones) is 1. The lowest BCUT2D eigenvalue weighted by atomic mass is 9.31. The van der Waals surface area contributed by atoms with Crippen LogP contribution in [0.15, 0.2) is 0 Å². The number of hydrogen-bond acceptors (Lipinski definition) is 2. The first kappa shape index (κ1) is 23.2. The molecule has 1 aliphatic heterocycles. The summed E-state index contributed by atoms with van der Waals surface area (Å²) < 4.78 is 5.93. The molecular weight excluding hydrogens is 392 g/mol. The van der Waals surface area contributed by atoms with Crippen LogP contribution in [-0.2, 0) is 9.53 Å². The van der Waals surface area contributed by atoms with E-state index >= 15 is 0 Å². The number of carbonyl (C=O) groups excluding carboxylic acids is 1. The Labute approximate surface area is 198 Å². The minimum atomic E-state index is 0.0398. The van der Waals surface area contributed by atoms with Gasteiger partial charge in [-0.1, -0.05) is 48.5 Å². The van der Waals surface area contributed by atoms with Crippen molar-refractivity contribution in [2.75, 3.05) is 0 Å². The standard InChI is InChI=1S/C30H50O2/c1-20-27(5)12-11-22-28(6,21(27)9-10-24(31)32-20)16-18-30(8)23-19-25(2,3)13-14-26(23,4)15-17-29(22,30)7/h20-23H,9-19H2,1-8H3/t20-,21+,22+,23-,26-,27-,28+,29-,30+/m1/s1. The number of hydrogen-bond donors (Lipinski definition) is 0. The van der Waals surface area contributed by atoms with E-state index in [9.17, 15) is 4.79 Å². The third-order valence-electron chi connectivity index (χ3n) is 13.4. The average Bonchev–Trinajstić information content (AvgIpc) is 2.82. The quantitative estimate of drug-likeness (QED) is 0.353. The summed E-state index contributed by atoms with van der Waals surface area (Å²) in [4.78, 5) is 12.4. The summed E-state index contributed by atoms with van der Waals surface area (Å²) in [7, 11) is 0. The Morgan fingerprint density at radius 3 is 2.03 bits per heavy atom. The molecule has 0 amide bonds. The normalized spacial score (nSPS) is 57.2. The molecule has 1 saturated heterocycles.